The zero-order valence-electron chi connectivity index (χ0n) is 16.9. The van der Waals surface area contributed by atoms with Crippen LogP contribution < -0.4 is 5.73 Å². The van der Waals surface area contributed by atoms with Gasteiger partial charge in [-0.15, -0.1) is 0 Å². The summed E-state index contributed by atoms with van der Waals surface area (Å²) < 4.78 is 26.8. The van der Waals surface area contributed by atoms with E-state index < -0.39 is 56.8 Å². The van der Waals surface area contributed by atoms with Gasteiger partial charge in [0.05, 0.1) is 12.6 Å². The summed E-state index contributed by atoms with van der Waals surface area (Å²) >= 11 is 0. The second-order valence-electron chi connectivity index (χ2n) is 8.33. The van der Waals surface area contributed by atoms with Crippen LogP contribution in [0.4, 0.5) is 0 Å². The average Bonchev–Trinajstić information content (AvgIpc) is 3.35. The Morgan fingerprint density at radius 3 is 2.45 bits per heavy atom. The highest BCUT2D eigenvalue weighted by atomic mass is 32.2. The first-order valence-electron chi connectivity index (χ1n) is 10.3. The Kier molecular flexibility index (Phi) is 5.42. The molecule has 4 rings (SSSR count). The zero-order valence-corrected chi connectivity index (χ0v) is 17.7. The molecule has 2 amide bonds. The van der Waals surface area contributed by atoms with Crippen molar-refractivity contribution in [1.29, 1.82) is 0 Å². The third kappa shape index (κ3) is 3.35. The molecular weight excluding hydrogens is 424 g/mol. The average molecular weight is 449 g/mol. The molecule has 1 aromatic rings. The van der Waals surface area contributed by atoms with E-state index in [1.54, 1.807) is 6.07 Å². The van der Waals surface area contributed by atoms with Crippen molar-refractivity contribution in [3.8, 4) is 0 Å². The number of carbonyl (C=O) groups excluding carboxylic acids is 4. The lowest BCUT2D eigenvalue weighted by Crippen LogP contribution is -2.55. The fourth-order valence-corrected chi connectivity index (χ4v) is 6.51. The minimum absolute atomic E-state index is 0.124. The molecule has 0 spiro atoms. The summed E-state index contributed by atoms with van der Waals surface area (Å²) in [4.78, 5) is 56.2. The molecule has 1 aromatic heterocycles. The first-order valence-corrected chi connectivity index (χ1v) is 11.7. The van der Waals surface area contributed by atoms with Crippen molar-refractivity contribution >= 4 is 32.7 Å². The summed E-state index contributed by atoms with van der Waals surface area (Å²) in [7, 11) is -4.50. The van der Waals surface area contributed by atoms with Crippen molar-refractivity contribution < 1.29 is 27.6 Å². The van der Waals surface area contributed by atoms with Crippen LogP contribution in [0.2, 0.25) is 0 Å². The predicted octanol–water partition coefficient (Wildman–Crippen LogP) is -0.158. The Bertz CT molecular complexity index is 1040. The lowest BCUT2D eigenvalue weighted by atomic mass is 9.72. The molecule has 10 nitrogen and oxygen atoms in total. The monoisotopic (exact) mass is 448 g/mol. The molecule has 3 fully saturated rings. The van der Waals surface area contributed by atoms with Crippen LogP contribution in [0.3, 0.4) is 0 Å². The van der Waals surface area contributed by atoms with Gasteiger partial charge in [0.1, 0.15) is 17.2 Å². The molecule has 2 atom stereocenters. The van der Waals surface area contributed by atoms with Crippen molar-refractivity contribution in [1.82, 2.24) is 14.2 Å². The van der Waals surface area contributed by atoms with Crippen molar-refractivity contribution in [2.24, 2.45) is 11.1 Å². The molecule has 3 aliphatic rings. The topological polar surface area (TPSA) is 148 Å². The number of hydrogen-bond acceptors (Lipinski definition) is 7. The van der Waals surface area contributed by atoms with Gasteiger partial charge in [-0.2, -0.15) is 4.31 Å². The first-order chi connectivity index (χ1) is 14.7. The summed E-state index contributed by atoms with van der Waals surface area (Å²) in [6, 6.07) is 2.48. The smallest absolute Gasteiger partial charge is 0.310 e. The van der Waals surface area contributed by atoms with Gasteiger partial charge in [-0.3, -0.25) is 24.2 Å². The lowest BCUT2D eigenvalue weighted by Gasteiger charge is -2.37. The molecular formula is C20H24N4O6S. The number of primary amides is 1. The normalized spacial score (nSPS) is 25.9. The lowest BCUT2D eigenvalue weighted by molar-refractivity contribution is -0.154. The van der Waals surface area contributed by atoms with Gasteiger partial charge in [0.15, 0.2) is 5.78 Å². The first kappa shape index (κ1) is 21.6. The standard InChI is InChI=1S/C20H24N4O6S/c21-18(27)20(8-3-1-4-9-20)19(28)23-11-7-14-16(23)15(25)12-24(14)31(29,30)17(26)13-6-2-5-10-22-13/h2,5-6,10,14,16H,1,3-4,7-9,11-12H2,(H2,21,27). The number of rotatable bonds is 4. The number of aromatic nitrogens is 1. The second-order valence-corrected chi connectivity index (χ2v) is 10.1. The molecule has 166 valence electrons. The van der Waals surface area contributed by atoms with E-state index in [0.717, 1.165) is 10.7 Å². The molecule has 0 aromatic carbocycles. The Morgan fingerprint density at radius 2 is 1.84 bits per heavy atom. The summed E-state index contributed by atoms with van der Waals surface area (Å²) in [5.41, 5.74) is 4.02. The SMILES string of the molecule is NC(=O)C1(C(=O)N2CCC3C2C(=O)CN3S(=O)(=O)C(=O)c2ccccn2)CCCCC1. The van der Waals surface area contributed by atoms with Gasteiger partial charge >= 0.3 is 5.12 Å². The van der Waals surface area contributed by atoms with E-state index in [4.69, 9.17) is 5.73 Å². The maximum absolute atomic E-state index is 13.4. The number of sulfonamides is 1. The Morgan fingerprint density at radius 1 is 1.13 bits per heavy atom. The summed E-state index contributed by atoms with van der Waals surface area (Å²) in [6.45, 7) is -0.373. The molecule has 2 N–H and O–H groups in total. The highest BCUT2D eigenvalue weighted by Gasteiger charge is 2.58. The maximum atomic E-state index is 13.4. The number of likely N-dealkylation sites (tertiary alicyclic amines) is 1. The molecule has 2 aliphatic heterocycles. The van der Waals surface area contributed by atoms with E-state index in [1.165, 1.54) is 23.2 Å². The Hall–Kier alpha value is -2.66. The van der Waals surface area contributed by atoms with Gasteiger partial charge in [-0.05, 0) is 31.4 Å². The minimum atomic E-state index is -4.50. The third-order valence-corrected chi connectivity index (χ3v) is 8.34. The number of nitrogens with two attached hydrogens (primary N) is 1. The Labute approximate surface area is 179 Å². The highest BCUT2D eigenvalue weighted by Crippen LogP contribution is 2.41. The molecule has 3 heterocycles. The van der Waals surface area contributed by atoms with Crippen molar-refractivity contribution in [2.75, 3.05) is 13.1 Å². The molecule has 2 saturated heterocycles. The van der Waals surface area contributed by atoms with Crippen LogP contribution >= 0.6 is 0 Å². The number of hydrogen-bond donors (Lipinski definition) is 1. The summed E-state index contributed by atoms with van der Waals surface area (Å²) in [6.07, 6.45) is 4.42. The molecule has 11 heteroatoms. The van der Waals surface area contributed by atoms with Crippen LogP contribution in [0.5, 0.6) is 0 Å². The molecule has 1 saturated carbocycles. The number of nitrogens with zero attached hydrogens (tertiary/aromatic N) is 3. The number of fused-ring (bicyclic) bond motifs is 1. The van der Waals surface area contributed by atoms with Gasteiger partial charge in [-0.1, -0.05) is 25.3 Å². The number of carbonyl (C=O) groups is 4. The van der Waals surface area contributed by atoms with Crippen LogP contribution in [0, 0.1) is 5.41 Å². The van der Waals surface area contributed by atoms with Gasteiger partial charge < -0.3 is 10.6 Å². The maximum Gasteiger partial charge on any atom is 0.310 e. The fourth-order valence-electron chi connectivity index (χ4n) is 5.04. The van der Waals surface area contributed by atoms with Crippen molar-refractivity contribution in [3.05, 3.63) is 30.1 Å². The fraction of sp³-hybridized carbons (Fsp3) is 0.550. The third-order valence-electron chi connectivity index (χ3n) is 6.64. The summed E-state index contributed by atoms with van der Waals surface area (Å²) in [5.74, 6) is -1.68. The van der Waals surface area contributed by atoms with Crippen LogP contribution in [-0.4, -0.2) is 70.5 Å². The quantitative estimate of drug-likeness (QED) is 0.629. The second kappa shape index (κ2) is 7.79. The van der Waals surface area contributed by atoms with E-state index in [-0.39, 0.29) is 18.7 Å². The van der Waals surface area contributed by atoms with Crippen molar-refractivity contribution in [3.63, 3.8) is 0 Å². The highest BCUT2D eigenvalue weighted by molar-refractivity contribution is 8.04. The molecule has 1 aliphatic carbocycles. The molecule has 31 heavy (non-hydrogen) atoms. The van der Waals surface area contributed by atoms with Crippen LogP contribution in [-0.2, 0) is 24.4 Å². The van der Waals surface area contributed by atoms with E-state index in [2.05, 4.69) is 4.98 Å². The van der Waals surface area contributed by atoms with E-state index in [1.807, 2.05) is 0 Å². The molecule has 2 unspecified atom stereocenters. The van der Waals surface area contributed by atoms with Crippen molar-refractivity contribution in [2.45, 2.75) is 50.6 Å². The number of Topliss-reactive ketones (excluding diaryl/α,β-unsaturated/α-hetero) is 1. The molecule has 0 radical (unpaired) electrons. The minimum Gasteiger partial charge on any atom is -0.369 e. The predicted molar refractivity (Wildman–Crippen MR) is 108 cm³/mol. The number of pyridine rings is 1. The van der Waals surface area contributed by atoms with Gasteiger partial charge in [0.25, 0.3) is 10.0 Å². The largest absolute Gasteiger partial charge is 0.369 e. The number of amides is 2. The summed E-state index contributed by atoms with van der Waals surface area (Å²) in [5, 5.41) is -1.19. The van der Waals surface area contributed by atoms with E-state index in [0.29, 0.717) is 25.7 Å². The zero-order chi connectivity index (χ0) is 22.4. The van der Waals surface area contributed by atoms with Gasteiger partial charge in [0.2, 0.25) is 11.8 Å². The van der Waals surface area contributed by atoms with E-state index in [9.17, 15) is 27.6 Å². The van der Waals surface area contributed by atoms with Gasteiger partial charge in [-0.25, -0.2) is 8.42 Å². The van der Waals surface area contributed by atoms with Crippen LogP contribution in [0.15, 0.2) is 24.4 Å². The molecule has 0 bridgehead atoms. The van der Waals surface area contributed by atoms with Crippen LogP contribution in [0.25, 0.3) is 0 Å². The van der Waals surface area contributed by atoms with E-state index >= 15 is 0 Å². The number of ketones is 1. The van der Waals surface area contributed by atoms with Gasteiger partial charge in [0, 0.05) is 12.7 Å². The Balaban J connectivity index is 1.61. The van der Waals surface area contributed by atoms with Crippen LogP contribution in [0.1, 0.15) is 49.0 Å².